The molecule has 11 aromatic carbocycles. The number of hydrogen-bond acceptors (Lipinski definition) is 2. The summed E-state index contributed by atoms with van der Waals surface area (Å²) in [6, 6.07) is 90.8. The number of rotatable bonds is 10. The third-order valence-corrected chi connectivity index (χ3v) is 13.2. The molecule has 1 aromatic heterocycles. The summed E-state index contributed by atoms with van der Waals surface area (Å²) >= 11 is 0. The number of para-hydroxylation sites is 1. The molecule has 71 heavy (non-hydrogen) atoms. The zero-order chi connectivity index (χ0) is 47.9. The van der Waals surface area contributed by atoms with Gasteiger partial charge in [-0.2, -0.15) is 0 Å². The standard InChI is InChI=1S/C56H37NO.C13H14/c1-3-11-38(12-4-1)40-23-28-47(29-24-40)57(49-32-33-51-46(36-49)22-21-41-15-7-8-18-50(41)51)48-30-25-42(26-31-48)52-19-10-20-53-54-37-45(27-34-55(54)58-56(52)53)44-17-9-16-43(35-44)39-13-5-2-6-14-39;1-3-8-12(9-4-2)13-10-6-5-7-11-13/h1-37H;3-11H,1H2,2H3/b;9-4-,12-8+. The van der Waals surface area contributed by atoms with Crippen molar-refractivity contribution in [1.82, 2.24) is 0 Å². The van der Waals surface area contributed by atoms with E-state index >= 15 is 0 Å². The Labute approximate surface area is 416 Å². The van der Waals surface area contributed by atoms with Crippen molar-refractivity contribution in [3.05, 3.63) is 291 Å². The summed E-state index contributed by atoms with van der Waals surface area (Å²) in [5, 5.41) is 7.21. The summed E-state index contributed by atoms with van der Waals surface area (Å²) in [7, 11) is 0. The maximum Gasteiger partial charge on any atom is 0.143 e. The summed E-state index contributed by atoms with van der Waals surface area (Å²) in [4.78, 5) is 2.35. The van der Waals surface area contributed by atoms with E-state index in [1.54, 1.807) is 0 Å². The van der Waals surface area contributed by atoms with Gasteiger partial charge in [-0.3, -0.25) is 0 Å². The molecular formula is C69H51NO. The van der Waals surface area contributed by atoms with E-state index in [0.29, 0.717) is 0 Å². The molecular weight excluding hydrogens is 859 g/mol. The highest BCUT2D eigenvalue weighted by Gasteiger charge is 2.17. The van der Waals surface area contributed by atoms with Crippen LogP contribution < -0.4 is 4.90 Å². The molecule has 12 rings (SSSR count). The highest BCUT2D eigenvalue weighted by molar-refractivity contribution is 6.11. The molecule has 0 amide bonds. The number of fused-ring (bicyclic) bond motifs is 6. The van der Waals surface area contributed by atoms with Crippen molar-refractivity contribution in [2.45, 2.75) is 6.92 Å². The van der Waals surface area contributed by atoms with Gasteiger partial charge < -0.3 is 9.32 Å². The molecule has 0 bridgehead atoms. The minimum Gasteiger partial charge on any atom is -0.455 e. The molecule has 0 aliphatic heterocycles. The van der Waals surface area contributed by atoms with E-state index < -0.39 is 0 Å². The Balaban J connectivity index is 0.000000368. The van der Waals surface area contributed by atoms with E-state index in [1.807, 2.05) is 43.4 Å². The van der Waals surface area contributed by atoms with E-state index in [2.05, 4.69) is 254 Å². The Kier molecular flexibility index (Phi) is 12.6. The fourth-order valence-electron chi connectivity index (χ4n) is 9.71. The number of nitrogens with zero attached hydrogens (tertiary/aromatic N) is 1. The lowest BCUT2D eigenvalue weighted by Gasteiger charge is -2.26. The van der Waals surface area contributed by atoms with E-state index in [0.717, 1.165) is 50.1 Å². The molecule has 2 nitrogen and oxygen atoms in total. The SMILES string of the molecule is C=C/C=C(\C=C/C)c1ccccc1.c1ccc(-c2ccc(N(c3ccc(-c4cccc5c4oc4ccc(-c6cccc(-c7ccccc7)c6)cc45)cc3)c3ccc4c(ccc5ccccc54)c3)cc2)cc1. The van der Waals surface area contributed by atoms with Gasteiger partial charge in [0, 0.05) is 33.4 Å². The van der Waals surface area contributed by atoms with Gasteiger partial charge in [-0.25, -0.2) is 0 Å². The zero-order valence-corrected chi connectivity index (χ0v) is 39.6. The number of anilines is 3. The molecule has 12 aromatic rings. The first-order valence-electron chi connectivity index (χ1n) is 24.2. The molecule has 0 radical (unpaired) electrons. The Hall–Kier alpha value is -9.24. The second kappa shape index (κ2) is 20.2. The smallest absolute Gasteiger partial charge is 0.143 e. The average Bonchev–Trinajstić information content (AvgIpc) is 3.83. The summed E-state index contributed by atoms with van der Waals surface area (Å²) in [6.45, 7) is 5.71. The van der Waals surface area contributed by atoms with E-state index in [1.165, 1.54) is 66.1 Å². The minimum atomic E-state index is 0.885. The quantitative estimate of drug-likeness (QED) is 0.100. The van der Waals surface area contributed by atoms with E-state index in [9.17, 15) is 0 Å². The average molecular weight is 910 g/mol. The van der Waals surface area contributed by atoms with Crippen LogP contribution in [-0.4, -0.2) is 0 Å². The molecule has 0 saturated carbocycles. The van der Waals surface area contributed by atoms with E-state index in [-0.39, 0.29) is 0 Å². The van der Waals surface area contributed by atoms with Crippen LogP contribution in [-0.2, 0) is 0 Å². The predicted molar refractivity (Wildman–Crippen MR) is 305 cm³/mol. The molecule has 1 heterocycles. The van der Waals surface area contributed by atoms with Crippen LogP contribution in [0, 0.1) is 0 Å². The first-order chi connectivity index (χ1) is 35.1. The van der Waals surface area contributed by atoms with Crippen molar-refractivity contribution < 1.29 is 4.42 Å². The highest BCUT2D eigenvalue weighted by Crippen LogP contribution is 2.42. The summed E-state index contributed by atoms with van der Waals surface area (Å²) in [5.74, 6) is 0. The topological polar surface area (TPSA) is 16.4 Å². The Morgan fingerprint density at radius 2 is 0.915 bits per heavy atom. The summed E-state index contributed by atoms with van der Waals surface area (Å²) < 4.78 is 6.65. The number of hydrogen-bond donors (Lipinski definition) is 0. The van der Waals surface area contributed by atoms with Crippen molar-refractivity contribution in [2.75, 3.05) is 4.90 Å². The van der Waals surface area contributed by atoms with Crippen LogP contribution in [0.1, 0.15) is 12.5 Å². The molecule has 0 N–H and O–H groups in total. The highest BCUT2D eigenvalue weighted by atomic mass is 16.3. The molecule has 0 fully saturated rings. The maximum absolute atomic E-state index is 6.65. The van der Waals surface area contributed by atoms with Crippen LogP contribution in [0.3, 0.4) is 0 Å². The molecule has 2 heteroatoms. The largest absolute Gasteiger partial charge is 0.455 e. The van der Waals surface area contributed by atoms with Crippen molar-refractivity contribution in [3.63, 3.8) is 0 Å². The third kappa shape index (κ3) is 9.23. The molecule has 0 atom stereocenters. The van der Waals surface area contributed by atoms with Crippen LogP contribution in [0.5, 0.6) is 0 Å². The fourth-order valence-corrected chi connectivity index (χ4v) is 9.71. The van der Waals surface area contributed by atoms with Crippen LogP contribution in [0.4, 0.5) is 17.1 Å². The van der Waals surface area contributed by atoms with Crippen LogP contribution in [0.25, 0.3) is 93.6 Å². The van der Waals surface area contributed by atoms with Gasteiger partial charge in [0.15, 0.2) is 0 Å². The Morgan fingerprint density at radius 3 is 1.62 bits per heavy atom. The summed E-state index contributed by atoms with van der Waals surface area (Å²) in [5.41, 5.74) is 16.8. The van der Waals surface area contributed by atoms with E-state index in [4.69, 9.17) is 4.42 Å². The fraction of sp³-hybridized carbons (Fsp3) is 0.0145. The molecule has 0 spiro atoms. The second-order valence-corrected chi connectivity index (χ2v) is 17.7. The van der Waals surface area contributed by atoms with Crippen LogP contribution in [0.15, 0.2) is 290 Å². The van der Waals surface area contributed by atoms with Gasteiger partial charge in [-0.05, 0) is 133 Å². The number of benzene rings is 11. The maximum atomic E-state index is 6.65. The summed E-state index contributed by atoms with van der Waals surface area (Å²) in [6.07, 6.45) is 7.93. The number of furan rings is 1. The molecule has 0 aliphatic rings. The van der Waals surface area contributed by atoms with Crippen molar-refractivity contribution in [2.24, 2.45) is 0 Å². The van der Waals surface area contributed by atoms with Crippen LogP contribution in [0.2, 0.25) is 0 Å². The van der Waals surface area contributed by atoms with Gasteiger partial charge in [-0.1, -0.05) is 231 Å². The second-order valence-electron chi connectivity index (χ2n) is 17.7. The lowest BCUT2D eigenvalue weighted by molar-refractivity contribution is 0.670. The molecule has 0 aliphatic carbocycles. The molecule has 338 valence electrons. The van der Waals surface area contributed by atoms with Crippen molar-refractivity contribution in [3.8, 4) is 44.5 Å². The molecule has 0 unspecified atom stereocenters. The first-order valence-corrected chi connectivity index (χ1v) is 24.2. The number of allylic oxidation sites excluding steroid dienone is 5. The van der Waals surface area contributed by atoms with Gasteiger partial charge in [0.25, 0.3) is 0 Å². The minimum absolute atomic E-state index is 0.885. The van der Waals surface area contributed by atoms with Crippen molar-refractivity contribution in [1.29, 1.82) is 0 Å². The Bertz CT molecular complexity index is 3860. The van der Waals surface area contributed by atoms with Gasteiger partial charge >= 0.3 is 0 Å². The monoisotopic (exact) mass is 909 g/mol. The lowest BCUT2D eigenvalue weighted by Crippen LogP contribution is -2.09. The molecule has 0 saturated heterocycles. The van der Waals surface area contributed by atoms with Gasteiger partial charge in [0.05, 0.1) is 0 Å². The first kappa shape index (κ1) is 44.3. The Morgan fingerprint density at radius 1 is 0.394 bits per heavy atom. The van der Waals surface area contributed by atoms with Crippen LogP contribution >= 0.6 is 0 Å². The third-order valence-electron chi connectivity index (χ3n) is 13.2. The van der Waals surface area contributed by atoms with Gasteiger partial charge in [0.1, 0.15) is 11.2 Å². The normalized spacial score (nSPS) is 11.5. The predicted octanol–water partition coefficient (Wildman–Crippen LogP) is 19.9. The van der Waals surface area contributed by atoms with Crippen molar-refractivity contribution >= 4 is 66.1 Å². The zero-order valence-electron chi connectivity index (χ0n) is 39.6. The van der Waals surface area contributed by atoms with Gasteiger partial charge in [-0.15, -0.1) is 0 Å². The van der Waals surface area contributed by atoms with Gasteiger partial charge in [0.2, 0.25) is 0 Å². The lowest BCUT2D eigenvalue weighted by atomic mass is 9.97.